The van der Waals surface area contributed by atoms with Gasteiger partial charge < -0.3 is 91.3 Å². The van der Waals surface area contributed by atoms with Crippen LogP contribution in [0.25, 0.3) is 0 Å². The minimum atomic E-state index is -1.99. The van der Waals surface area contributed by atoms with Gasteiger partial charge in [0.15, 0.2) is 24.8 Å². The van der Waals surface area contributed by atoms with Gasteiger partial charge in [0.1, 0.15) is 68.2 Å². The van der Waals surface area contributed by atoms with Gasteiger partial charge in [-0.2, -0.15) is 11.8 Å². The Morgan fingerprint density at radius 3 is 1.48 bits per heavy atom. The molecule has 32 heteroatoms. The number of nitrogens with one attached hydrogen (secondary N) is 4. The van der Waals surface area contributed by atoms with Crippen LogP contribution >= 0.6 is 11.8 Å². The quantitative estimate of drug-likeness (QED) is 0.0465. The van der Waals surface area contributed by atoms with Crippen LogP contribution < -0.4 is 21.3 Å². The maximum Gasteiger partial charge on any atom is 0.335 e. The van der Waals surface area contributed by atoms with E-state index in [0.29, 0.717) is 0 Å². The highest BCUT2D eigenvalue weighted by molar-refractivity contribution is 7.98. The Kier molecular flexibility index (Phi) is 18.9. The number of aromatic nitrogens is 6. The zero-order valence-electron chi connectivity index (χ0n) is 34.0. The van der Waals surface area contributed by atoms with Crippen molar-refractivity contribution in [2.45, 2.75) is 118 Å². The molecule has 4 heterocycles. The van der Waals surface area contributed by atoms with E-state index in [4.69, 9.17) is 18.9 Å². The van der Waals surface area contributed by atoms with Gasteiger partial charge in [0, 0.05) is 18.6 Å². The molecule has 0 radical (unpaired) electrons. The van der Waals surface area contributed by atoms with Crippen LogP contribution in [0.1, 0.15) is 17.8 Å². The van der Waals surface area contributed by atoms with Gasteiger partial charge in [0.2, 0.25) is 17.7 Å². The van der Waals surface area contributed by atoms with Crippen LogP contribution in [0.4, 0.5) is 0 Å². The van der Waals surface area contributed by atoms with E-state index >= 15 is 0 Å². The average Bonchev–Trinajstić information content (AvgIpc) is 3.91. The fourth-order valence-electron chi connectivity index (χ4n) is 6.17. The summed E-state index contributed by atoms with van der Waals surface area (Å²) in [5.41, 5.74) is 0.0496. The first-order valence-electron chi connectivity index (χ1n) is 19.0. The average molecular weight is 953 g/mol. The SMILES string of the molecule is CN[C@@H](Cc1cn(COC2OC(C(=O)O)C(O)[C@H](O)[C@@H]2O)nn1)C(=O)N[C@@H](CC(=O)O)C(=O)N[C@@H](Cc1cn(COC2OC(C(=O)O)C(O)[C@H](O)[C@@H]2O)nn1)C(=O)N[C@@H](CSC)C(=O)O. The van der Waals surface area contributed by atoms with Gasteiger partial charge >= 0.3 is 23.9 Å². The smallest absolute Gasteiger partial charge is 0.335 e. The van der Waals surface area contributed by atoms with Crippen molar-refractivity contribution in [3.63, 3.8) is 0 Å². The van der Waals surface area contributed by atoms with Crippen LogP contribution in [0, 0.1) is 0 Å². The van der Waals surface area contributed by atoms with Crippen LogP contribution in [0.15, 0.2) is 12.4 Å². The van der Waals surface area contributed by atoms with Gasteiger partial charge in [-0.05, 0) is 13.3 Å². The highest BCUT2D eigenvalue weighted by atomic mass is 32.2. The van der Waals surface area contributed by atoms with E-state index in [2.05, 4.69) is 41.9 Å². The van der Waals surface area contributed by atoms with Crippen LogP contribution in [-0.2, 0) is 78.8 Å². The Bertz CT molecular complexity index is 1990. The summed E-state index contributed by atoms with van der Waals surface area (Å²) in [6.45, 7) is -1.15. The maximum atomic E-state index is 13.7. The molecule has 6 unspecified atom stereocenters. The molecule has 3 amide bonds. The van der Waals surface area contributed by atoms with E-state index in [1.165, 1.54) is 13.2 Å². The number of aliphatic carboxylic acids is 4. The van der Waals surface area contributed by atoms with Crippen LogP contribution in [-0.4, -0.2) is 227 Å². The number of carboxylic acid groups (broad SMARTS) is 4. The number of carbonyl (C=O) groups excluding carboxylic acids is 3. The molecule has 0 aliphatic carbocycles. The number of hydrogen-bond donors (Lipinski definition) is 14. The van der Waals surface area contributed by atoms with Crippen molar-refractivity contribution in [1.29, 1.82) is 0 Å². The van der Waals surface area contributed by atoms with Crippen molar-refractivity contribution in [1.82, 2.24) is 51.3 Å². The molecule has 0 saturated carbocycles. The number of aliphatic hydroxyl groups excluding tert-OH is 6. The zero-order valence-corrected chi connectivity index (χ0v) is 34.9. The molecule has 2 fully saturated rings. The Balaban J connectivity index is 1.44. The van der Waals surface area contributed by atoms with E-state index in [-0.39, 0.29) is 23.6 Å². The molecule has 14 atom stereocenters. The third-order valence-corrected chi connectivity index (χ3v) is 10.3. The summed E-state index contributed by atoms with van der Waals surface area (Å²) >= 11 is 1.07. The predicted octanol–water partition coefficient (Wildman–Crippen LogP) is -8.65. The first-order valence-corrected chi connectivity index (χ1v) is 20.4. The number of likely N-dealkylation sites (N-methyl/N-ethyl adjacent to an activating group) is 1. The summed E-state index contributed by atoms with van der Waals surface area (Å²) in [6.07, 6.45) is -16.8. The largest absolute Gasteiger partial charge is 0.481 e. The number of ether oxygens (including phenoxy) is 4. The summed E-state index contributed by atoms with van der Waals surface area (Å²) in [4.78, 5) is 87.2. The summed E-state index contributed by atoms with van der Waals surface area (Å²) < 4.78 is 22.7. The summed E-state index contributed by atoms with van der Waals surface area (Å²) in [5, 5.41) is 123. The second-order valence-corrected chi connectivity index (χ2v) is 15.3. The van der Waals surface area contributed by atoms with Gasteiger partial charge in [0.25, 0.3) is 0 Å². The van der Waals surface area contributed by atoms with Crippen molar-refractivity contribution in [2.24, 2.45) is 0 Å². The number of aliphatic hydroxyl groups is 6. The van der Waals surface area contributed by atoms with Crippen molar-refractivity contribution in [3.05, 3.63) is 23.8 Å². The molecule has 362 valence electrons. The lowest BCUT2D eigenvalue weighted by Gasteiger charge is -2.38. The number of amides is 3. The number of carbonyl (C=O) groups is 7. The first-order chi connectivity index (χ1) is 30.6. The molecule has 0 aromatic carbocycles. The lowest BCUT2D eigenvalue weighted by atomic mass is 9.99. The number of nitrogens with zero attached hydrogens (tertiary/aromatic N) is 6. The molecule has 2 saturated heterocycles. The van der Waals surface area contributed by atoms with Crippen molar-refractivity contribution >= 4 is 53.4 Å². The Morgan fingerprint density at radius 2 is 1.06 bits per heavy atom. The molecule has 0 bridgehead atoms. The van der Waals surface area contributed by atoms with E-state index < -0.39 is 153 Å². The number of rotatable bonds is 24. The maximum absolute atomic E-state index is 13.7. The van der Waals surface area contributed by atoms with E-state index in [0.717, 1.165) is 27.3 Å². The molecule has 65 heavy (non-hydrogen) atoms. The van der Waals surface area contributed by atoms with Crippen molar-refractivity contribution in [3.8, 4) is 0 Å². The van der Waals surface area contributed by atoms with Gasteiger partial charge in [-0.25, -0.2) is 23.7 Å². The summed E-state index contributed by atoms with van der Waals surface area (Å²) in [7, 11) is 1.35. The fraction of sp³-hybridized carbons (Fsp3) is 0.667. The molecule has 2 aliphatic heterocycles. The first kappa shape index (κ1) is 52.1. The Hall–Kier alpha value is -5.52. The van der Waals surface area contributed by atoms with E-state index in [1.54, 1.807) is 6.26 Å². The van der Waals surface area contributed by atoms with Crippen molar-refractivity contribution in [2.75, 3.05) is 19.1 Å². The molecule has 4 rings (SSSR count). The molecule has 2 aromatic heterocycles. The molecule has 2 aromatic rings. The van der Waals surface area contributed by atoms with Gasteiger partial charge in [0.05, 0.1) is 36.2 Å². The topological polar surface area (TPSA) is 468 Å². The normalized spacial score (nSPS) is 27.4. The second-order valence-electron chi connectivity index (χ2n) is 14.4. The molecular weight excluding hydrogens is 904 g/mol. The Labute approximate surface area is 369 Å². The molecular formula is C33H48N10O21S. The highest BCUT2D eigenvalue weighted by Gasteiger charge is 2.49. The molecule has 0 spiro atoms. The van der Waals surface area contributed by atoms with Crippen LogP contribution in [0.2, 0.25) is 0 Å². The zero-order chi connectivity index (χ0) is 48.3. The standard InChI is InChI=1S/C33H48N10O21S/c1-34-13(3-11-6-42(40-38-11)9-61-32-22(50)18(46)20(48)24(63-32)30(57)58)26(52)36-15(5-17(44)45)28(54)35-14(27(53)37-16(8-65-2)29(55)56)4-12-7-43(41-39-12)10-62-33-23(51)19(47)21(49)25(64-33)31(59)60/h6-7,13-16,18-25,32-34,46-51H,3-5,8-10H2,1-2H3,(H,35,54)(H,36,52)(H,37,53)(H,44,45)(H,55,56)(H,57,58)(H,59,60)/t13-,14-,15-,16-,18-,19-,20?,21?,22-,23-,24?,25?,32?,33?/m0/s1. The lowest BCUT2D eigenvalue weighted by molar-refractivity contribution is -0.302. The minimum absolute atomic E-state index is 0.0643. The second kappa shape index (κ2) is 23.6. The summed E-state index contributed by atoms with van der Waals surface area (Å²) in [6, 6.07) is -6.22. The number of thioether (sulfide) groups is 1. The fourth-order valence-corrected chi connectivity index (χ4v) is 6.72. The predicted molar refractivity (Wildman–Crippen MR) is 205 cm³/mol. The van der Waals surface area contributed by atoms with Crippen LogP contribution in [0.3, 0.4) is 0 Å². The highest BCUT2D eigenvalue weighted by Crippen LogP contribution is 2.24. The number of carboxylic acids is 4. The van der Waals surface area contributed by atoms with Crippen LogP contribution in [0.5, 0.6) is 0 Å². The lowest BCUT2D eigenvalue weighted by Crippen LogP contribution is -2.60. The third-order valence-electron chi connectivity index (χ3n) is 9.62. The van der Waals surface area contributed by atoms with Gasteiger partial charge in [-0.3, -0.25) is 19.2 Å². The van der Waals surface area contributed by atoms with Gasteiger partial charge in [-0.15, -0.1) is 10.2 Å². The minimum Gasteiger partial charge on any atom is -0.481 e. The van der Waals surface area contributed by atoms with E-state index in [1.807, 2.05) is 0 Å². The molecule has 31 nitrogen and oxygen atoms in total. The van der Waals surface area contributed by atoms with E-state index in [9.17, 15) is 84.6 Å². The monoisotopic (exact) mass is 952 g/mol. The molecule has 2 aliphatic rings. The Morgan fingerprint density at radius 1 is 0.646 bits per heavy atom. The summed E-state index contributed by atoms with van der Waals surface area (Å²) in [5.74, 6) is -9.61. The number of hydrogen-bond acceptors (Lipinski definition) is 23. The molecule has 14 N–H and O–H groups in total. The third kappa shape index (κ3) is 14.0. The van der Waals surface area contributed by atoms with Crippen molar-refractivity contribution < 1.29 is 104 Å². The van der Waals surface area contributed by atoms with Gasteiger partial charge in [-0.1, -0.05) is 10.4 Å².